The minimum atomic E-state index is -1.47. The summed E-state index contributed by atoms with van der Waals surface area (Å²) in [5.41, 5.74) is 4.97. The van der Waals surface area contributed by atoms with Crippen LogP contribution in [0.3, 0.4) is 0 Å². The van der Waals surface area contributed by atoms with E-state index in [1.54, 1.807) is 6.92 Å². The molecule has 0 radical (unpaired) electrons. The van der Waals surface area contributed by atoms with Crippen molar-refractivity contribution in [1.82, 2.24) is 0 Å². The molecule has 3 unspecified atom stereocenters. The monoisotopic (exact) mass is 205 g/mol. The molecule has 6 heteroatoms. The second-order valence-electron chi connectivity index (χ2n) is 3.38. The van der Waals surface area contributed by atoms with Crippen molar-refractivity contribution in [3.63, 3.8) is 0 Å². The Kier molecular flexibility index (Phi) is 3.43. The van der Waals surface area contributed by atoms with Crippen molar-refractivity contribution < 1.29 is 24.9 Å². The van der Waals surface area contributed by atoms with Gasteiger partial charge in [0, 0.05) is 0 Å². The molecular formula is C8H15NO5. The Hall–Kier alpha value is -0.690. The van der Waals surface area contributed by atoms with Crippen LogP contribution >= 0.6 is 0 Å². The molecule has 0 aliphatic carbocycles. The Morgan fingerprint density at radius 2 is 1.86 bits per heavy atom. The maximum absolute atomic E-state index is 10.8. The van der Waals surface area contributed by atoms with Crippen LogP contribution in [0.15, 0.2) is 0 Å². The molecule has 0 spiro atoms. The van der Waals surface area contributed by atoms with Gasteiger partial charge < -0.3 is 25.8 Å². The van der Waals surface area contributed by atoms with Crippen molar-refractivity contribution in [2.24, 2.45) is 5.73 Å². The number of nitrogens with two attached hydrogens (primary N) is 1. The van der Waals surface area contributed by atoms with E-state index in [1.807, 2.05) is 0 Å². The maximum Gasteiger partial charge on any atom is 0.249 e. The second-order valence-corrected chi connectivity index (χ2v) is 3.38. The second kappa shape index (κ2) is 4.22. The quantitative estimate of drug-likeness (QED) is 0.406. The minimum absolute atomic E-state index is 0.425. The molecule has 1 rings (SSSR count). The summed E-state index contributed by atoms with van der Waals surface area (Å²) in [4.78, 5) is 10.8. The number of primary amides is 1. The van der Waals surface area contributed by atoms with Crippen molar-refractivity contribution in [1.29, 1.82) is 0 Å². The van der Waals surface area contributed by atoms with Gasteiger partial charge in [-0.3, -0.25) is 4.79 Å². The molecule has 1 fully saturated rings. The highest BCUT2D eigenvalue weighted by Gasteiger charge is 2.45. The Labute approximate surface area is 81.3 Å². The van der Waals surface area contributed by atoms with Crippen LogP contribution < -0.4 is 5.73 Å². The zero-order valence-corrected chi connectivity index (χ0v) is 7.83. The molecule has 5 atom stereocenters. The van der Waals surface area contributed by atoms with Gasteiger partial charge in [-0.25, -0.2) is 0 Å². The van der Waals surface area contributed by atoms with Gasteiger partial charge in [-0.15, -0.1) is 0 Å². The van der Waals surface area contributed by atoms with Crippen LogP contribution in [0, 0.1) is 0 Å². The van der Waals surface area contributed by atoms with Crippen molar-refractivity contribution in [3.05, 3.63) is 0 Å². The smallest absolute Gasteiger partial charge is 0.249 e. The lowest BCUT2D eigenvalue weighted by atomic mass is 9.93. The SMILES string of the molecule is CC[C@H]1OC(C(N)=O)[C@@H](O)C(O)C1O. The van der Waals surface area contributed by atoms with Gasteiger partial charge in [0.15, 0.2) is 6.10 Å². The van der Waals surface area contributed by atoms with Crippen molar-refractivity contribution >= 4 is 5.91 Å². The van der Waals surface area contributed by atoms with Gasteiger partial charge in [-0.1, -0.05) is 6.92 Å². The highest BCUT2D eigenvalue weighted by molar-refractivity contribution is 5.79. The molecule has 0 aromatic rings. The largest absolute Gasteiger partial charge is 0.388 e. The lowest BCUT2D eigenvalue weighted by molar-refractivity contribution is -0.219. The van der Waals surface area contributed by atoms with E-state index in [2.05, 4.69) is 0 Å². The summed E-state index contributed by atoms with van der Waals surface area (Å²) in [6.45, 7) is 1.73. The fraction of sp³-hybridized carbons (Fsp3) is 0.875. The third kappa shape index (κ3) is 1.88. The van der Waals surface area contributed by atoms with E-state index in [4.69, 9.17) is 10.5 Å². The number of aliphatic hydroxyl groups is 3. The highest BCUT2D eigenvalue weighted by Crippen LogP contribution is 2.22. The Balaban J connectivity index is 2.78. The number of aliphatic hydroxyl groups excluding tert-OH is 3. The number of carbonyl (C=O) groups is 1. The van der Waals surface area contributed by atoms with Crippen LogP contribution in [-0.4, -0.2) is 51.7 Å². The summed E-state index contributed by atoms with van der Waals surface area (Å²) in [5, 5.41) is 28.2. The first kappa shape index (κ1) is 11.4. The lowest BCUT2D eigenvalue weighted by Gasteiger charge is -2.38. The molecule has 1 heterocycles. The van der Waals surface area contributed by atoms with Crippen molar-refractivity contribution in [3.8, 4) is 0 Å². The van der Waals surface area contributed by atoms with Crippen LogP contribution in [-0.2, 0) is 9.53 Å². The molecule has 0 saturated carbocycles. The molecule has 1 amide bonds. The van der Waals surface area contributed by atoms with E-state index in [1.165, 1.54) is 0 Å². The van der Waals surface area contributed by atoms with Crippen LogP contribution in [0.1, 0.15) is 13.3 Å². The molecule has 82 valence electrons. The molecule has 0 bridgehead atoms. The van der Waals surface area contributed by atoms with E-state index < -0.39 is 36.4 Å². The number of amides is 1. The van der Waals surface area contributed by atoms with Gasteiger partial charge in [0.1, 0.15) is 18.3 Å². The van der Waals surface area contributed by atoms with E-state index in [-0.39, 0.29) is 0 Å². The summed E-state index contributed by atoms with van der Waals surface area (Å²) in [6, 6.07) is 0. The first-order chi connectivity index (χ1) is 6.49. The molecule has 1 saturated heterocycles. The molecule has 14 heavy (non-hydrogen) atoms. The molecule has 0 aromatic carbocycles. The minimum Gasteiger partial charge on any atom is -0.388 e. The third-order valence-corrected chi connectivity index (χ3v) is 2.40. The summed E-state index contributed by atoms with van der Waals surface area (Å²) in [5.74, 6) is -0.845. The first-order valence-electron chi connectivity index (χ1n) is 4.48. The average molecular weight is 205 g/mol. The normalized spacial score (nSPS) is 43.6. The molecular weight excluding hydrogens is 190 g/mol. The van der Waals surface area contributed by atoms with E-state index in [0.717, 1.165) is 0 Å². The fourth-order valence-corrected chi connectivity index (χ4v) is 1.52. The van der Waals surface area contributed by atoms with E-state index in [9.17, 15) is 20.1 Å². The first-order valence-corrected chi connectivity index (χ1v) is 4.48. The standard InChI is InChI=1S/C8H15NO5/c1-2-3-4(10)5(11)6(12)7(14-3)8(9)13/h3-7,10-12H,2H2,1H3,(H2,9,13)/t3-,4?,5?,6+,7?/m1/s1. The van der Waals surface area contributed by atoms with Crippen molar-refractivity contribution in [2.45, 2.75) is 43.9 Å². The van der Waals surface area contributed by atoms with Gasteiger partial charge in [-0.2, -0.15) is 0 Å². The number of hydrogen-bond donors (Lipinski definition) is 4. The number of ether oxygens (including phenoxy) is 1. The predicted octanol–water partition coefficient (Wildman–Crippen LogP) is -2.27. The molecule has 1 aliphatic rings. The molecule has 0 aromatic heterocycles. The van der Waals surface area contributed by atoms with Gasteiger partial charge >= 0.3 is 0 Å². The molecule has 6 nitrogen and oxygen atoms in total. The summed E-state index contributed by atoms with van der Waals surface area (Å²) in [6.07, 6.45) is -5.55. The van der Waals surface area contributed by atoms with Gasteiger partial charge in [-0.05, 0) is 6.42 Å². The van der Waals surface area contributed by atoms with Crippen LogP contribution in [0.4, 0.5) is 0 Å². The van der Waals surface area contributed by atoms with Crippen LogP contribution in [0.2, 0.25) is 0 Å². The number of rotatable bonds is 2. The topological polar surface area (TPSA) is 113 Å². The zero-order chi connectivity index (χ0) is 10.9. The summed E-state index contributed by atoms with van der Waals surface area (Å²) >= 11 is 0. The lowest BCUT2D eigenvalue weighted by Crippen LogP contribution is -2.60. The molecule has 5 N–H and O–H groups in total. The maximum atomic E-state index is 10.8. The average Bonchev–Trinajstić information content (AvgIpc) is 2.14. The fourth-order valence-electron chi connectivity index (χ4n) is 1.52. The van der Waals surface area contributed by atoms with E-state index >= 15 is 0 Å². The van der Waals surface area contributed by atoms with Crippen molar-refractivity contribution in [2.75, 3.05) is 0 Å². The summed E-state index contributed by atoms with van der Waals surface area (Å²) in [7, 11) is 0. The third-order valence-electron chi connectivity index (χ3n) is 2.40. The Morgan fingerprint density at radius 1 is 1.29 bits per heavy atom. The van der Waals surface area contributed by atoms with Gasteiger partial charge in [0.25, 0.3) is 0 Å². The summed E-state index contributed by atoms with van der Waals surface area (Å²) < 4.78 is 5.06. The van der Waals surface area contributed by atoms with Crippen LogP contribution in [0.5, 0.6) is 0 Å². The predicted molar refractivity (Wildman–Crippen MR) is 46.2 cm³/mol. The number of hydrogen-bond acceptors (Lipinski definition) is 5. The van der Waals surface area contributed by atoms with Gasteiger partial charge in [0.05, 0.1) is 6.10 Å². The molecule has 1 aliphatic heterocycles. The zero-order valence-electron chi connectivity index (χ0n) is 7.83. The van der Waals surface area contributed by atoms with Gasteiger partial charge in [0.2, 0.25) is 5.91 Å². The Bertz CT molecular complexity index is 220. The Morgan fingerprint density at radius 3 is 2.29 bits per heavy atom. The van der Waals surface area contributed by atoms with E-state index in [0.29, 0.717) is 6.42 Å². The highest BCUT2D eigenvalue weighted by atomic mass is 16.5. The number of carbonyl (C=O) groups excluding carboxylic acids is 1. The van der Waals surface area contributed by atoms with Crippen LogP contribution in [0.25, 0.3) is 0 Å².